The summed E-state index contributed by atoms with van der Waals surface area (Å²) in [5, 5.41) is 34.1. The Morgan fingerprint density at radius 1 is 0.800 bits per heavy atom. The minimum atomic E-state index is -0.743. The molecule has 5 heteroatoms. The molecule has 1 aromatic heterocycles. The van der Waals surface area contributed by atoms with Crippen LogP contribution in [0.25, 0.3) is 0 Å². The maximum Gasteiger partial charge on any atom is 0.238 e. The lowest BCUT2D eigenvalue weighted by molar-refractivity contribution is 0.363. The zero-order valence-electron chi connectivity index (χ0n) is 4.29. The van der Waals surface area contributed by atoms with Crippen molar-refractivity contribution in [3.63, 3.8) is 0 Å². The number of hydrogen-bond acceptors (Lipinski definition) is 4. The van der Waals surface area contributed by atoms with Crippen molar-refractivity contribution in [2.45, 2.75) is 7.43 Å². The number of rotatable bonds is 0. The van der Waals surface area contributed by atoms with Gasteiger partial charge in [0.25, 0.3) is 0 Å². The molecule has 0 saturated carbocycles. The van der Waals surface area contributed by atoms with Crippen LogP contribution in [0.5, 0.6) is 23.3 Å². The van der Waals surface area contributed by atoms with Gasteiger partial charge in [0.2, 0.25) is 23.3 Å². The quantitative estimate of drug-likeness (QED) is 0.368. The fraction of sp³-hybridized carbons (Fsp3) is 0.200. The molecule has 1 aromatic rings. The molecule has 0 fully saturated rings. The van der Waals surface area contributed by atoms with Crippen molar-refractivity contribution in [1.29, 1.82) is 0 Å². The van der Waals surface area contributed by atoms with Gasteiger partial charge >= 0.3 is 0 Å². The molecular formula is C5H9NO4. The van der Waals surface area contributed by atoms with Crippen molar-refractivity contribution in [2.24, 2.45) is 0 Å². The number of aromatic amines is 1. The van der Waals surface area contributed by atoms with E-state index in [1.807, 2.05) is 4.98 Å². The van der Waals surface area contributed by atoms with Crippen molar-refractivity contribution in [1.82, 2.24) is 4.98 Å². The first kappa shape index (κ1) is 8.48. The zero-order chi connectivity index (χ0) is 7.02. The van der Waals surface area contributed by atoms with Crippen molar-refractivity contribution in [3.8, 4) is 23.3 Å². The standard InChI is InChI=1S/C4H5NO4.CH4/c6-1-2(7)4(9)5-3(1)8;/h5-9H;1H4. The maximum absolute atomic E-state index is 8.54. The Hall–Kier alpha value is -1.52. The Morgan fingerprint density at radius 2 is 1.10 bits per heavy atom. The number of H-pyrrole nitrogens is 1. The van der Waals surface area contributed by atoms with Crippen molar-refractivity contribution in [3.05, 3.63) is 0 Å². The lowest BCUT2D eigenvalue weighted by atomic mass is 10.5. The van der Waals surface area contributed by atoms with Crippen LogP contribution in [-0.2, 0) is 0 Å². The van der Waals surface area contributed by atoms with Crippen LogP contribution < -0.4 is 0 Å². The molecule has 0 spiro atoms. The van der Waals surface area contributed by atoms with Gasteiger partial charge in [0, 0.05) is 0 Å². The highest BCUT2D eigenvalue weighted by atomic mass is 16.4. The Bertz CT molecular complexity index is 207. The molecule has 0 saturated heterocycles. The van der Waals surface area contributed by atoms with Crippen LogP contribution in [0.3, 0.4) is 0 Å². The van der Waals surface area contributed by atoms with E-state index in [4.69, 9.17) is 20.4 Å². The molecule has 0 aliphatic carbocycles. The fourth-order valence-corrected chi connectivity index (χ4v) is 0.455. The third kappa shape index (κ3) is 0.928. The predicted molar refractivity (Wildman–Crippen MR) is 34.2 cm³/mol. The Labute approximate surface area is 57.2 Å². The summed E-state index contributed by atoms with van der Waals surface area (Å²) in [5.74, 6) is -2.78. The molecule has 1 heterocycles. The number of hydrogen-bond donors (Lipinski definition) is 5. The predicted octanol–water partition coefficient (Wildman–Crippen LogP) is 0.473. The zero-order valence-corrected chi connectivity index (χ0v) is 4.29. The normalized spacial score (nSPS) is 8.80. The van der Waals surface area contributed by atoms with Gasteiger partial charge in [-0.15, -0.1) is 0 Å². The van der Waals surface area contributed by atoms with E-state index in [1.54, 1.807) is 0 Å². The van der Waals surface area contributed by atoms with Crippen LogP contribution in [0.15, 0.2) is 0 Å². The fourth-order valence-electron chi connectivity index (χ4n) is 0.455. The van der Waals surface area contributed by atoms with Crippen LogP contribution in [-0.4, -0.2) is 25.4 Å². The molecule has 10 heavy (non-hydrogen) atoms. The Balaban J connectivity index is 0.000000810. The summed E-state index contributed by atoms with van der Waals surface area (Å²) in [7, 11) is 0. The van der Waals surface area contributed by atoms with Gasteiger partial charge in [-0.1, -0.05) is 7.43 Å². The van der Waals surface area contributed by atoms with Gasteiger partial charge in [0.15, 0.2) is 0 Å². The topological polar surface area (TPSA) is 96.7 Å². The third-order valence-corrected chi connectivity index (χ3v) is 0.910. The maximum atomic E-state index is 8.54. The van der Waals surface area contributed by atoms with E-state index in [0.29, 0.717) is 0 Å². The highest BCUT2D eigenvalue weighted by molar-refractivity contribution is 5.52. The molecule has 0 unspecified atom stereocenters. The summed E-state index contributed by atoms with van der Waals surface area (Å²) >= 11 is 0. The monoisotopic (exact) mass is 147 g/mol. The minimum Gasteiger partial charge on any atom is -0.500 e. The smallest absolute Gasteiger partial charge is 0.238 e. The second-order valence-electron chi connectivity index (χ2n) is 1.52. The lowest BCUT2D eigenvalue weighted by Crippen LogP contribution is -1.59. The molecule has 58 valence electrons. The minimum absolute atomic E-state index is 0. The molecule has 0 radical (unpaired) electrons. The van der Waals surface area contributed by atoms with Gasteiger partial charge in [0.05, 0.1) is 0 Å². The van der Waals surface area contributed by atoms with Gasteiger partial charge in [-0.05, 0) is 0 Å². The van der Waals surface area contributed by atoms with Crippen LogP contribution in [0.2, 0.25) is 0 Å². The second kappa shape index (κ2) is 2.38. The summed E-state index contributed by atoms with van der Waals surface area (Å²) in [6, 6.07) is 0. The van der Waals surface area contributed by atoms with Crippen LogP contribution >= 0.6 is 0 Å². The largest absolute Gasteiger partial charge is 0.500 e. The number of aromatic hydroxyl groups is 4. The molecule has 0 bridgehead atoms. The molecule has 0 aromatic carbocycles. The van der Waals surface area contributed by atoms with E-state index in [1.165, 1.54) is 0 Å². The van der Waals surface area contributed by atoms with Gasteiger partial charge in [-0.2, -0.15) is 0 Å². The molecule has 0 aliphatic rings. The summed E-state index contributed by atoms with van der Waals surface area (Å²) < 4.78 is 0. The SMILES string of the molecule is C.Oc1[nH]c(O)c(O)c1O. The van der Waals surface area contributed by atoms with Crippen LogP contribution in [0.1, 0.15) is 7.43 Å². The van der Waals surface area contributed by atoms with E-state index < -0.39 is 23.3 Å². The van der Waals surface area contributed by atoms with Gasteiger partial charge < -0.3 is 20.4 Å². The van der Waals surface area contributed by atoms with Crippen LogP contribution in [0, 0.1) is 0 Å². The van der Waals surface area contributed by atoms with E-state index in [0.717, 1.165) is 0 Å². The third-order valence-electron chi connectivity index (χ3n) is 0.910. The molecule has 1 rings (SSSR count). The van der Waals surface area contributed by atoms with Crippen molar-refractivity contribution in [2.75, 3.05) is 0 Å². The molecule has 0 amide bonds. The van der Waals surface area contributed by atoms with Gasteiger partial charge in [-0.3, -0.25) is 4.98 Å². The van der Waals surface area contributed by atoms with Crippen molar-refractivity contribution < 1.29 is 20.4 Å². The summed E-state index contributed by atoms with van der Waals surface area (Å²) in [5.41, 5.74) is 0. The van der Waals surface area contributed by atoms with E-state index >= 15 is 0 Å². The molecule has 5 nitrogen and oxygen atoms in total. The van der Waals surface area contributed by atoms with Crippen molar-refractivity contribution >= 4 is 0 Å². The summed E-state index contributed by atoms with van der Waals surface area (Å²) in [6.45, 7) is 0. The van der Waals surface area contributed by atoms with Crippen LogP contribution in [0.4, 0.5) is 0 Å². The summed E-state index contributed by atoms with van der Waals surface area (Å²) in [4.78, 5) is 1.89. The average molecular weight is 147 g/mol. The highest BCUT2D eigenvalue weighted by Gasteiger charge is 2.13. The van der Waals surface area contributed by atoms with E-state index in [2.05, 4.69) is 0 Å². The molecule has 0 aliphatic heterocycles. The molecule has 5 N–H and O–H groups in total. The first-order valence-electron chi connectivity index (χ1n) is 2.14. The Kier molecular flexibility index (Phi) is 2.02. The number of nitrogens with one attached hydrogen (secondary N) is 1. The van der Waals surface area contributed by atoms with E-state index in [-0.39, 0.29) is 7.43 Å². The second-order valence-corrected chi connectivity index (χ2v) is 1.52. The summed E-state index contributed by atoms with van der Waals surface area (Å²) in [6.07, 6.45) is 0. The first-order chi connectivity index (χ1) is 4.13. The van der Waals surface area contributed by atoms with Gasteiger partial charge in [-0.25, -0.2) is 0 Å². The molecule has 0 atom stereocenters. The lowest BCUT2D eigenvalue weighted by Gasteiger charge is -1.84. The van der Waals surface area contributed by atoms with Gasteiger partial charge in [0.1, 0.15) is 0 Å². The average Bonchev–Trinajstić information content (AvgIpc) is 1.98. The Morgan fingerprint density at radius 3 is 1.20 bits per heavy atom. The first-order valence-corrected chi connectivity index (χ1v) is 2.14. The van der Waals surface area contributed by atoms with E-state index in [9.17, 15) is 0 Å². The number of aromatic nitrogens is 1. The highest BCUT2D eigenvalue weighted by Crippen LogP contribution is 2.41. The molecular weight excluding hydrogens is 138 g/mol.